The molecular formula is C32H52O2. The molecule has 0 saturated heterocycles. The van der Waals surface area contributed by atoms with Crippen LogP contribution < -0.4 is 0 Å². The summed E-state index contributed by atoms with van der Waals surface area (Å²) in [5.74, 6) is 3.11. The number of carbonyl (C=O) groups excluding carboxylic acids is 1. The summed E-state index contributed by atoms with van der Waals surface area (Å²) in [6.07, 6.45) is 17.6. The summed E-state index contributed by atoms with van der Waals surface area (Å²) in [6.45, 7) is 19.1. The highest BCUT2D eigenvalue weighted by Gasteiger charge is 2.80. The third-order valence-corrected chi connectivity index (χ3v) is 12.9. The van der Waals surface area contributed by atoms with Gasteiger partial charge in [0.05, 0.1) is 0 Å². The fourth-order valence-corrected chi connectivity index (χ4v) is 10.9. The molecule has 2 nitrogen and oxygen atoms in total. The molecule has 0 radical (unpaired) electrons. The predicted octanol–water partition coefficient (Wildman–Crippen LogP) is 8.74. The number of esters is 1. The molecule has 192 valence electrons. The van der Waals surface area contributed by atoms with Crippen LogP contribution >= 0.6 is 0 Å². The van der Waals surface area contributed by atoms with Gasteiger partial charge in [-0.15, -0.1) is 0 Å². The van der Waals surface area contributed by atoms with Crippen LogP contribution in [0.15, 0.2) is 11.6 Å². The molecule has 5 aliphatic rings. The maximum Gasteiger partial charge on any atom is 0.302 e. The molecule has 2 spiro atoms. The second-order valence-corrected chi connectivity index (χ2v) is 15.0. The molecule has 0 aromatic carbocycles. The molecule has 8 atom stereocenters. The smallest absolute Gasteiger partial charge is 0.302 e. The van der Waals surface area contributed by atoms with Crippen molar-refractivity contribution in [3.63, 3.8) is 0 Å². The van der Waals surface area contributed by atoms with Gasteiger partial charge in [-0.2, -0.15) is 0 Å². The summed E-state index contributed by atoms with van der Waals surface area (Å²) in [7, 11) is 0. The molecule has 0 N–H and O–H groups in total. The molecule has 4 saturated carbocycles. The van der Waals surface area contributed by atoms with Gasteiger partial charge in [0.2, 0.25) is 0 Å². The van der Waals surface area contributed by atoms with Crippen molar-refractivity contribution < 1.29 is 9.53 Å². The lowest BCUT2D eigenvalue weighted by molar-refractivity contribution is -0.165. The second-order valence-electron chi connectivity index (χ2n) is 15.0. The summed E-state index contributed by atoms with van der Waals surface area (Å²) in [5, 5.41) is 0. The Morgan fingerprint density at radius 1 is 1.03 bits per heavy atom. The fraction of sp³-hybridized carbons (Fsp3) is 0.906. The van der Waals surface area contributed by atoms with Gasteiger partial charge in [0.15, 0.2) is 0 Å². The first-order valence-electron chi connectivity index (χ1n) is 14.7. The molecule has 8 unspecified atom stereocenters. The van der Waals surface area contributed by atoms with Gasteiger partial charge in [0, 0.05) is 12.3 Å². The molecule has 4 fully saturated rings. The Labute approximate surface area is 210 Å². The number of carbonyl (C=O) groups is 1. The Bertz CT molecular complexity index is 868. The molecule has 5 aliphatic carbocycles. The Kier molecular flexibility index (Phi) is 5.75. The lowest BCUT2D eigenvalue weighted by atomic mass is 9.45. The van der Waals surface area contributed by atoms with Crippen molar-refractivity contribution in [1.29, 1.82) is 0 Å². The van der Waals surface area contributed by atoms with E-state index in [0.29, 0.717) is 27.6 Å². The molecule has 0 aromatic rings. The standard InChI is InChI=1S/C32H52O2/c1-21(2)10-9-11-22(3)24-14-16-30(8)26-13-12-25-28(5,6)27(34-23(4)33)15-17-31(25)20-32(26,31)19-18-29(24,30)7/h13,21-22,24-25,27H,9-12,14-20H2,1-8H3. The second kappa shape index (κ2) is 7.85. The molecular weight excluding hydrogens is 416 g/mol. The van der Waals surface area contributed by atoms with E-state index in [0.717, 1.165) is 24.2 Å². The molecule has 0 bridgehead atoms. The van der Waals surface area contributed by atoms with Crippen LogP contribution in [0, 0.1) is 50.7 Å². The van der Waals surface area contributed by atoms with Crippen LogP contribution in [0.5, 0.6) is 0 Å². The van der Waals surface area contributed by atoms with E-state index in [9.17, 15) is 4.79 Å². The highest BCUT2D eigenvalue weighted by molar-refractivity contribution is 5.66. The summed E-state index contributed by atoms with van der Waals surface area (Å²) in [4.78, 5) is 11.8. The van der Waals surface area contributed by atoms with Crippen LogP contribution in [-0.4, -0.2) is 12.1 Å². The van der Waals surface area contributed by atoms with Crippen molar-refractivity contribution in [3.8, 4) is 0 Å². The predicted molar refractivity (Wildman–Crippen MR) is 140 cm³/mol. The minimum absolute atomic E-state index is 0.0697. The van der Waals surface area contributed by atoms with Gasteiger partial charge in [-0.1, -0.05) is 79.4 Å². The molecule has 0 heterocycles. The number of fused-ring (bicyclic) bond motifs is 2. The molecule has 5 rings (SSSR count). The zero-order valence-electron chi connectivity index (χ0n) is 23.6. The highest BCUT2D eigenvalue weighted by Crippen LogP contribution is 2.88. The third kappa shape index (κ3) is 3.14. The number of hydrogen-bond donors (Lipinski definition) is 0. The average molecular weight is 469 g/mol. The van der Waals surface area contributed by atoms with Crippen LogP contribution in [0.2, 0.25) is 0 Å². The summed E-state index contributed by atoms with van der Waals surface area (Å²) >= 11 is 0. The Morgan fingerprint density at radius 3 is 2.44 bits per heavy atom. The largest absolute Gasteiger partial charge is 0.462 e. The summed E-state index contributed by atoms with van der Waals surface area (Å²) in [5.41, 5.74) is 3.74. The highest BCUT2D eigenvalue weighted by atomic mass is 16.5. The Morgan fingerprint density at radius 2 is 1.76 bits per heavy atom. The maximum atomic E-state index is 11.8. The van der Waals surface area contributed by atoms with E-state index in [1.54, 1.807) is 6.92 Å². The zero-order valence-corrected chi connectivity index (χ0v) is 23.6. The SMILES string of the molecule is CC(=O)OC1CCC23CC24CCC2(C)C(C(C)CCCC(C)C)CCC2(C)C4=CCC3C1(C)C. The van der Waals surface area contributed by atoms with E-state index in [4.69, 9.17) is 4.74 Å². The van der Waals surface area contributed by atoms with E-state index >= 15 is 0 Å². The van der Waals surface area contributed by atoms with Crippen molar-refractivity contribution in [2.75, 3.05) is 0 Å². The van der Waals surface area contributed by atoms with Crippen LogP contribution in [0.3, 0.4) is 0 Å². The van der Waals surface area contributed by atoms with E-state index < -0.39 is 0 Å². The first-order chi connectivity index (χ1) is 15.8. The van der Waals surface area contributed by atoms with Gasteiger partial charge < -0.3 is 4.74 Å². The third-order valence-electron chi connectivity index (χ3n) is 12.9. The molecule has 0 aliphatic heterocycles. The normalized spacial score (nSPS) is 47.1. The zero-order chi connectivity index (χ0) is 24.7. The average Bonchev–Trinajstić information content (AvgIpc) is 3.32. The minimum Gasteiger partial charge on any atom is -0.462 e. The molecule has 2 heteroatoms. The topological polar surface area (TPSA) is 26.3 Å². The number of allylic oxidation sites excluding steroid dienone is 2. The molecule has 0 amide bonds. The van der Waals surface area contributed by atoms with Crippen molar-refractivity contribution in [1.82, 2.24) is 0 Å². The van der Waals surface area contributed by atoms with Crippen molar-refractivity contribution in [2.45, 2.75) is 132 Å². The van der Waals surface area contributed by atoms with Crippen molar-refractivity contribution in [2.24, 2.45) is 50.7 Å². The maximum absolute atomic E-state index is 11.8. The van der Waals surface area contributed by atoms with Gasteiger partial charge >= 0.3 is 5.97 Å². The Balaban J connectivity index is 1.41. The number of rotatable bonds is 6. The number of ether oxygens (including phenoxy) is 1. The summed E-state index contributed by atoms with van der Waals surface area (Å²) < 4.78 is 5.89. The minimum atomic E-state index is -0.105. The monoisotopic (exact) mass is 468 g/mol. The number of hydrogen-bond acceptors (Lipinski definition) is 2. The first-order valence-corrected chi connectivity index (χ1v) is 14.7. The van der Waals surface area contributed by atoms with Crippen molar-refractivity contribution in [3.05, 3.63) is 11.6 Å². The lowest BCUT2D eigenvalue weighted by Gasteiger charge is -2.60. The van der Waals surface area contributed by atoms with Gasteiger partial charge in [-0.25, -0.2) is 0 Å². The van der Waals surface area contributed by atoms with E-state index in [1.165, 1.54) is 64.2 Å². The Hall–Kier alpha value is -0.790. The van der Waals surface area contributed by atoms with Crippen LogP contribution in [0.1, 0.15) is 126 Å². The first kappa shape index (κ1) is 24.9. The van der Waals surface area contributed by atoms with Crippen LogP contribution in [-0.2, 0) is 9.53 Å². The van der Waals surface area contributed by atoms with E-state index in [-0.39, 0.29) is 17.5 Å². The van der Waals surface area contributed by atoms with Gasteiger partial charge in [0.1, 0.15) is 6.10 Å². The van der Waals surface area contributed by atoms with Gasteiger partial charge in [-0.05, 0) is 96.7 Å². The molecule has 0 aromatic heterocycles. The van der Waals surface area contributed by atoms with Gasteiger partial charge in [-0.3, -0.25) is 4.79 Å². The fourth-order valence-electron chi connectivity index (χ4n) is 10.9. The van der Waals surface area contributed by atoms with Gasteiger partial charge in [0.25, 0.3) is 0 Å². The van der Waals surface area contributed by atoms with Crippen molar-refractivity contribution >= 4 is 5.97 Å². The molecule has 34 heavy (non-hydrogen) atoms. The van der Waals surface area contributed by atoms with E-state index in [2.05, 4.69) is 54.5 Å². The lowest BCUT2D eigenvalue weighted by Crippen LogP contribution is -2.54. The summed E-state index contributed by atoms with van der Waals surface area (Å²) in [6, 6.07) is 0. The van der Waals surface area contributed by atoms with Crippen LogP contribution in [0.25, 0.3) is 0 Å². The van der Waals surface area contributed by atoms with Crippen LogP contribution in [0.4, 0.5) is 0 Å². The van der Waals surface area contributed by atoms with E-state index in [1.807, 2.05) is 5.57 Å². The quantitative estimate of drug-likeness (QED) is 0.288.